The minimum atomic E-state index is -0.0548. The second-order valence-corrected chi connectivity index (χ2v) is 3.55. The number of carbonyl (C=O) groups excluding carboxylic acids is 1. The summed E-state index contributed by atoms with van der Waals surface area (Å²) in [6.07, 6.45) is 0. The molecule has 1 amide bonds. The van der Waals surface area contributed by atoms with Crippen molar-refractivity contribution in [3.8, 4) is 11.1 Å². The highest BCUT2D eigenvalue weighted by Gasteiger charge is 1.98. The van der Waals surface area contributed by atoms with E-state index >= 15 is 0 Å². The first-order chi connectivity index (χ1) is 7.75. The van der Waals surface area contributed by atoms with Gasteiger partial charge in [-0.3, -0.25) is 4.79 Å². The molecule has 1 radical (unpaired) electrons. The van der Waals surface area contributed by atoms with E-state index in [4.69, 9.17) is 0 Å². The van der Waals surface area contributed by atoms with Crippen molar-refractivity contribution in [3.63, 3.8) is 0 Å². The second kappa shape index (κ2) is 4.62. The molecule has 2 nitrogen and oxygen atoms in total. The van der Waals surface area contributed by atoms with E-state index in [2.05, 4.69) is 11.4 Å². The first-order valence-electron chi connectivity index (χ1n) is 5.10. The predicted molar refractivity (Wildman–Crippen MR) is 65.0 cm³/mol. The molecule has 0 unspecified atom stereocenters. The molecule has 2 aromatic carbocycles. The number of benzene rings is 2. The molecule has 0 aliphatic carbocycles. The van der Waals surface area contributed by atoms with Gasteiger partial charge in [0.15, 0.2) is 0 Å². The molecular weight excluding hydrogens is 198 g/mol. The van der Waals surface area contributed by atoms with Gasteiger partial charge in [-0.15, -0.1) is 0 Å². The fourth-order valence-corrected chi connectivity index (χ4v) is 1.52. The van der Waals surface area contributed by atoms with Crippen molar-refractivity contribution in [2.24, 2.45) is 0 Å². The number of nitrogens with one attached hydrogen (secondary N) is 1. The Hall–Kier alpha value is -2.09. The Morgan fingerprint density at radius 3 is 2.44 bits per heavy atom. The quantitative estimate of drug-likeness (QED) is 0.810. The molecule has 2 heteroatoms. The zero-order valence-electron chi connectivity index (χ0n) is 9.03. The number of anilines is 1. The van der Waals surface area contributed by atoms with E-state index in [-0.39, 0.29) is 5.91 Å². The van der Waals surface area contributed by atoms with Crippen LogP contribution in [0.4, 0.5) is 5.69 Å². The number of hydrogen-bond acceptors (Lipinski definition) is 1. The van der Waals surface area contributed by atoms with Crippen LogP contribution in [0.5, 0.6) is 0 Å². The summed E-state index contributed by atoms with van der Waals surface area (Å²) in [5.74, 6) is -0.0548. The van der Waals surface area contributed by atoms with Crippen LogP contribution in [0.25, 0.3) is 11.1 Å². The minimum Gasteiger partial charge on any atom is -0.326 e. The molecule has 0 atom stereocenters. The van der Waals surface area contributed by atoms with E-state index in [9.17, 15) is 4.79 Å². The fourth-order valence-electron chi connectivity index (χ4n) is 1.52. The fraction of sp³-hybridized carbons (Fsp3) is 0.0714. The maximum atomic E-state index is 10.9. The summed E-state index contributed by atoms with van der Waals surface area (Å²) in [5, 5.41) is 2.74. The van der Waals surface area contributed by atoms with E-state index in [0.29, 0.717) is 0 Å². The van der Waals surface area contributed by atoms with Gasteiger partial charge in [0, 0.05) is 12.6 Å². The summed E-state index contributed by atoms with van der Waals surface area (Å²) in [4.78, 5) is 10.9. The summed E-state index contributed by atoms with van der Waals surface area (Å²) < 4.78 is 0. The second-order valence-electron chi connectivity index (χ2n) is 3.55. The summed E-state index contributed by atoms with van der Waals surface area (Å²) in [6, 6.07) is 18.6. The van der Waals surface area contributed by atoms with Crippen LogP contribution in [0, 0.1) is 6.07 Å². The Morgan fingerprint density at radius 2 is 1.88 bits per heavy atom. The molecule has 2 rings (SSSR count). The Balaban J connectivity index is 2.23. The third kappa shape index (κ3) is 2.48. The van der Waals surface area contributed by atoms with Gasteiger partial charge in [0.05, 0.1) is 0 Å². The van der Waals surface area contributed by atoms with Gasteiger partial charge in [-0.05, 0) is 35.4 Å². The van der Waals surface area contributed by atoms with E-state index < -0.39 is 0 Å². The molecule has 0 saturated heterocycles. The van der Waals surface area contributed by atoms with Crippen molar-refractivity contribution < 1.29 is 4.79 Å². The standard InChI is InChI=1S/C14H12NO/c1-11(16)15-14-9-7-13(8-10-14)12-5-3-2-4-6-12/h2-3,5-10H,1H3,(H,15,16). The van der Waals surface area contributed by atoms with Crippen LogP contribution in [0.2, 0.25) is 0 Å². The Morgan fingerprint density at radius 1 is 1.12 bits per heavy atom. The molecule has 0 heterocycles. The van der Waals surface area contributed by atoms with Crippen molar-refractivity contribution in [2.45, 2.75) is 6.92 Å². The predicted octanol–water partition coefficient (Wildman–Crippen LogP) is 3.11. The van der Waals surface area contributed by atoms with Crippen molar-refractivity contribution in [2.75, 3.05) is 5.32 Å². The molecule has 2 aromatic rings. The molecule has 0 saturated carbocycles. The van der Waals surface area contributed by atoms with Crippen molar-refractivity contribution in [1.29, 1.82) is 0 Å². The molecule has 0 aliphatic rings. The molecular formula is C14H12NO. The van der Waals surface area contributed by atoms with Gasteiger partial charge < -0.3 is 5.32 Å². The highest BCUT2D eigenvalue weighted by atomic mass is 16.1. The van der Waals surface area contributed by atoms with Gasteiger partial charge in [0.2, 0.25) is 5.91 Å². The van der Waals surface area contributed by atoms with Gasteiger partial charge in [-0.2, -0.15) is 0 Å². The van der Waals surface area contributed by atoms with Crippen LogP contribution in [0.3, 0.4) is 0 Å². The summed E-state index contributed by atoms with van der Waals surface area (Å²) in [6.45, 7) is 1.50. The van der Waals surface area contributed by atoms with E-state index in [1.165, 1.54) is 6.92 Å². The third-order valence-electron chi connectivity index (χ3n) is 2.25. The van der Waals surface area contributed by atoms with Gasteiger partial charge in [0.25, 0.3) is 0 Å². The largest absolute Gasteiger partial charge is 0.326 e. The van der Waals surface area contributed by atoms with Crippen LogP contribution < -0.4 is 5.32 Å². The third-order valence-corrected chi connectivity index (χ3v) is 2.25. The average Bonchev–Trinajstić information content (AvgIpc) is 2.30. The molecule has 79 valence electrons. The molecule has 0 fully saturated rings. The smallest absolute Gasteiger partial charge is 0.221 e. The van der Waals surface area contributed by atoms with Gasteiger partial charge in [-0.25, -0.2) is 0 Å². The topological polar surface area (TPSA) is 29.1 Å². The average molecular weight is 210 g/mol. The molecule has 0 bridgehead atoms. The van der Waals surface area contributed by atoms with Crippen LogP contribution in [-0.4, -0.2) is 5.91 Å². The first kappa shape index (κ1) is 10.4. The van der Waals surface area contributed by atoms with Gasteiger partial charge in [0.1, 0.15) is 0 Å². The molecule has 1 N–H and O–H groups in total. The lowest BCUT2D eigenvalue weighted by Crippen LogP contribution is -2.05. The number of carbonyl (C=O) groups is 1. The van der Waals surface area contributed by atoms with Crippen LogP contribution in [-0.2, 0) is 4.79 Å². The Labute approximate surface area is 94.9 Å². The van der Waals surface area contributed by atoms with Crippen LogP contribution in [0.1, 0.15) is 6.92 Å². The van der Waals surface area contributed by atoms with E-state index in [0.717, 1.165) is 16.8 Å². The SMILES string of the molecule is CC(=O)Nc1ccc(-c2c[c]ccc2)cc1. The van der Waals surface area contributed by atoms with Gasteiger partial charge >= 0.3 is 0 Å². The summed E-state index contributed by atoms with van der Waals surface area (Å²) in [5.41, 5.74) is 3.05. The summed E-state index contributed by atoms with van der Waals surface area (Å²) >= 11 is 0. The maximum absolute atomic E-state index is 10.9. The van der Waals surface area contributed by atoms with Crippen LogP contribution >= 0.6 is 0 Å². The monoisotopic (exact) mass is 210 g/mol. The lowest BCUT2D eigenvalue weighted by Gasteiger charge is -2.04. The van der Waals surface area contributed by atoms with Crippen LogP contribution in [0.15, 0.2) is 48.5 Å². The first-order valence-corrected chi connectivity index (χ1v) is 5.10. The molecule has 0 aromatic heterocycles. The maximum Gasteiger partial charge on any atom is 0.221 e. The van der Waals surface area contributed by atoms with E-state index in [1.807, 2.05) is 48.5 Å². The number of amides is 1. The van der Waals surface area contributed by atoms with Gasteiger partial charge in [-0.1, -0.05) is 30.3 Å². The zero-order valence-corrected chi connectivity index (χ0v) is 9.03. The van der Waals surface area contributed by atoms with Crippen molar-refractivity contribution in [1.82, 2.24) is 0 Å². The van der Waals surface area contributed by atoms with Crippen molar-refractivity contribution >= 4 is 11.6 Å². The van der Waals surface area contributed by atoms with E-state index in [1.54, 1.807) is 0 Å². The molecule has 0 spiro atoms. The normalized spacial score (nSPS) is 9.81. The lowest BCUT2D eigenvalue weighted by atomic mass is 10.1. The summed E-state index contributed by atoms with van der Waals surface area (Å²) in [7, 11) is 0. The molecule has 0 aliphatic heterocycles. The Kier molecular flexibility index (Phi) is 3.01. The highest BCUT2D eigenvalue weighted by Crippen LogP contribution is 2.20. The Bertz CT molecular complexity index is 474. The number of rotatable bonds is 2. The lowest BCUT2D eigenvalue weighted by molar-refractivity contribution is -0.114. The number of hydrogen-bond donors (Lipinski definition) is 1. The zero-order chi connectivity index (χ0) is 11.4. The van der Waals surface area contributed by atoms with Crippen molar-refractivity contribution in [3.05, 3.63) is 54.6 Å². The minimum absolute atomic E-state index is 0.0548. The highest BCUT2D eigenvalue weighted by molar-refractivity contribution is 5.88. The molecule has 16 heavy (non-hydrogen) atoms.